The van der Waals surface area contributed by atoms with Gasteiger partial charge in [-0.15, -0.1) is 11.3 Å². The molecule has 3 aromatic rings. The van der Waals surface area contributed by atoms with Gasteiger partial charge in [0.25, 0.3) is 11.5 Å². The molecule has 1 N–H and O–H groups in total. The Hall–Kier alpha value is -2.58. The quantitative estimate of drug-likeness (QED) is 0.530. The highest BCUT2D eigenvalue weighted by Crippen LogP contribution is 2.21. The van der Waals surface area contributed by atoms with Crippen molar-refractivity contribution in [1.82, 2.24) is 19.7 Å². The van der Waals surface area contributed by atoms with E-state index in [1.807, 2.05) is 17.5 Å². The summed E-state index contributed by atoms with van der Waals surface area (Å²) in [4.78, 5) is 32.9. The molecule has 164 valence electrons. The summed E-state index contributed by atoms with van der Waals surface area (Å²) in [6, 6.07) is 7.17. The van der Waals surface area contributed by atoms with E-state index in [0.717, 1.165) is 44.6 Å². The number of piperidine rings is 1. The number of aromatic nitrogens is 3. The van der Waals surface area contributed by atoms with Crippen molar-refractivity contribution in [2.45, 2.75) is 58.5 Å². The SMILES string of the molecule is CCCCCn1nc(C(=O)Nc2nc(CN3CCCCC3)cs2)c2ccccc2c1=O. The van der Waals surface area contributed by atoms with E-state index in [4.69, 9.17) is 0 Å². The Morgan fingerprint density at radius 3 is 2.68 bits per heavy atom. The molecule has 2 aromatic heterocycles. The molecule has 0 aliphatic carbocycles. The Balaban J connectivity index is 1.54. The minimum absolute atomic E-state index is 0.152. The van der Waals surface area contributed by atoms with Gasteiger partial charge in [-0.1, -0.05) is 44.4 Å². The van der Waals surface area contributed by atoms with Gasteiger partial charge < -0.3 is 0 Å². The molecule has 1 aliphatic rings. The van der Waals surface area contributed by atoms with Crippen LogP contribution >= 0.6 is 11.3 Å². The summed E-state index contributed by atoms with van der Waals surface area (Å²) in [7, 11) is 0. The lowest BCUT2D eigenvalue weighted by atomic mass is 10.1. The summed E-state index contributed by atoms with van der Waals surface area (Å²) in [5.74, 6) is -0.334. The van der Waals surface area contributed by atoms with Gasteiger partial charge in [-0.25, -0.2) is 9.67 Å². The van der Waals surface area contributed by atoms with Crippen molar-refractivity contribution in [3.63, 3.8) is 0 Å². The number of rotatable bonds is 8. The van der Waals surface area contributed by atoms with Gasteiger partial charge in [0.15, 0.2) is 10.8 Å². The van der Waals surface area contributed by atoms with Crippen molar-refractivity contribution in [1.29, 1.82) is 0 Å². The van der Waals surface area contributed by atoms with Gasteiger partial charge in [0.2, 0.25) is 0 Å². The summed E-state index contributed by atoms with van der Waals surface area (Å²) < 4.78 is 1.43. The van der Waals surface area contributed by atoms with Crippen molar-refractivity contribution >= 4 is 33.1 Å². The lowest BCUT2D eigenvalue weighted by Crippen LogP contribution is -2.29. The van der Waals surface area contributed by atoms with Gasteiger partial charge >= 0.3 is 0 Å². The lowest BCUT2D eigenvalue weighted by molar-refractivity contribution is 0.102. The number of likely N-dealkylation sites (tertiary alicyclic amines) is 1. The summed E-state index contributed by atoms with van der Waals surface area (Å²) in [5.41, 5.74) is 1.09. The molecule has 0 radical (unpaired) electrons. The summed E-state index contributed by atoms with van der Waals surface area (Å²) in [5, 5.41) is 11.0. The number of aryl methyl sites for hydroxylation is 1. The Kier molecular flexibility index (Phi) is 7.09. The van der Waals surface area contributed by atoms with Crippen molar-refractivity contribution in [2.75, 3.05) is 18.4 Å². The molecule has 1 fully saturated rings. The third-order valence-electron chi connectivity index (χ3n) is 5.66. The van der Waals surface area contributed by atoms with E-state index in [-0.39, 0.29) is 17.2 Å². The fourth-order valence-electron chi connectivity index (χ4n) is 4.01. The van der Waals surface area contributed by atoms with Crippen LogP contribution in [0.4, 0.5) is 5.13 Å². The number of nitrogens with one attached hydrogen (secondary N) is 1. The fourth-order valence-corrected chi connectivity index (χ4v) is 4.70. The van der Waals surface area contributed by atoms with Crippen molar-refractivity contribution in [2.24, 2.45) is 0 Å². The zero-order chi connectivity index (χ0) is 21.6. The second-order valence-electron chi connectivity index (χ2n) is 8.06. The minimum Gasteiger partial charge on any atom is -0.297 e. The Labute approximate surface area is 186 Å². The number of hydrogen-bond donors (Lipinski definition) is 1. The molecule has 1 aromatic carbocycles. The maximum absolute atomic E-state index is 13.1. The van der Waals surface area contributed by atoms with Gasteiger partial charge in [-0.05, 0) is 38.4 Å². The number of anilines is 1. The molecular weight excluding hydrogens is 410 g/mol. The Bertz CT molecular complexity index is 1100. The second kappa shape index (κ2) is 10.2. The average Bonchev–Trinajstić information content (AvgIpc) is 3.22. The second-order valence-corrected chi connectivity index (χ2v) is 8.92. The Morgan fingerprint density at radius 2 is 1.90 bits per heavy atom. The highest BCUT2D eigenvalue weighted by molar-refractivity contribution is 7.14. The number of unbranched alkanes of at least 4 members (excludes halogenated alkanes) is 2. The van der Waals surface area contributed by atoms with E-state index >= 15 is 0 Å². The summed E-state index contributed by atoms with van der Waals surface area (Å²) in [6.07, 6.45) is 6.70. The molecule has 3 heterocycles. The third-order valence-corrected chi connectivity index (χ3v) is 6.47. The van der Waals surface area contributed by atoms with Crippen LogP contribution < -0.4 is 10.9 Å². The van der Waals surface area contributed by atoms with E-state index in [0.29, 0.717) is 22.4 Å². The van der Waals surface area contributed by atoms with Gasteiger partial charge in [0.1, 0.15) is 0 Å². The standard InChI is InChI=1S/C23H29N5O2S/c1-2-3-7-14-28-22(30)19-11-6-5-10-18(19)20(26-28)21(29)25-23-24-17(16-31-23)15-27-12-8-4-9-13-27/h5-6,10-11,16H,2-4,7-9,12-15H2,1H3,(H,24,25,29). The normalized spacial score (nSPS) is 14.7. The van der Waals surface area contributed by atoms with Crippen molar-refractivity contribution in [3.05, 3.63) is 51.4 Å². The number of benzene rings is 1. The molecule has 0 spiro atoms. The molecule has 0 bridgehead atoms. The molecule has 4 rings (SSSR count). The highest BCUT2D eigenvalue weighted by atomic mass is 32.1. The fraction of sp³-hybridized carbons (Fsp3) is 0.478. The zero-order valence-corrected chi connectivity index (χ0v) is 18.8. The molecule has 0 unspecified atom stereocenters. The molecule has 1 amide bonds. The maximum atomic E-state index is 13.1. The van der Waals surface area contributed by atoms with E-state index in [1.54, 1.807) is 12.1 Å². The molecule has 1 aliphatic heterocycles. The van der Waals surface area contributed by atoms with Crippen molar-refractivity contribution in [3.8, 4) is 0 Å². The van der Waals surface area contributed by atoms with Crippen LogP contribution in [0.2, 0.25) is 0 Å². The van der Waals surface area contributed by atoms with E-state index < -0.39 is 0 Å². The first kappa shape index (κ1) is 21.6. The van der Waals surface area contributed by atoms with Crippen LogP contribution in [0.1, 0.15) is 61.6 Å². The number of carbonyl (C=O) groups excluding carboxylic acids is 1. The number of fused-ring (bicyclic) bond motifs is 1. The molecular formula is C23H29N5O2S. The zero-order valence-electron chi connectivity index (χ0n) is 18.0. The van der Waals surface area contributed by atoms with Gasteiger partial charge in [-0.3, -0.25) is 19.8 Å². The largest absolute Gasteiger partial charge is 0.297 e. The molecule has 8 heteroatoms. The van der Waals surface area contributed by atoms with Crippen LogP contribution in [0, 0.1) is 0 Å². The maximum Gasteiger partial charge on any atom is 0.278 e. The monoisotopic (exact) mass is 439 g/mol. The number of hydrogen-bond acceptors (Lipinski definition) is 6. The predicted molar refractivity (Wildman–Crippen MR) is 125 cm³/mol. The predicted octanol–water partition coefficient (Wildman–Crippen LogP) is 4.28. The van der Waals surface area contributed by atoms with Crippen LogP contribution in [0.5, 0.6) is 0 Å². The molecule has 0 saturated carbocycles. The van der Waals surface area contributed by atoms with Crippen LogP contribution in [0.15, 0.2) is 34.4 Å². The van der Waals surface area contributed by atoms with E-state index in [2.05, 4.69) is 27.2 Å². The Morgan fingerprint density at radius 1 is 1.13 bits per heavy atom. The average molecular weight is 440 g/mol. The summed E-state index contributed by atoms with van der Waals surface area (Å²) >= 11 is 1.42. The van der Waals surface area contributed by atoms with E-state index in [9.17, 15) is 9.59 Å². The molecule has 31 heavy (non-hydrogen) atoms. The number of nitrogens with zero attached hydrogens (tertiary/aromatic N) is 4. The smallest absolute Gasteiger partial charge is 0.278 e. The first-order chi connectivity index (χ1) is 15.2. The van der Waals surface area contributed by atoms with Crippen LogP contribution in [-0.4, -0.2) is 38.7 Å². The van der Waals surface area contributed by atoms with Gasteiger partial charge in [0.05, 0.1) is 11.1 Å². The number of carbonyl (C=O) groups is 1. The first-order valence-electron chi connectivity index (χ1n) is 11.1. The minimum atomic E-state index is -0.334. The van der Waals surface area contributed by atoms with E-state index in [1.165, 1.54) is 35.3 Å². The van der Waals surface area contributed by atoms with Crippen LogP contribution in [0.25, 0.3) is 10.8 Å². The number of thiazole rings is 1. The van der Waals surface area contributed by atoms with Crippen molar-refractivity contribution < 1.29 is 4.79 Å². The van der Waals surface area contributed by atoms with Gasteiger partial charge in [0, 0.05) is 23.9 Å². The lowest BCUT2D eigenvalue weighted by Gasteiger charge is -2.25. The third kappa shape index (κ3) is 5.19. The highest BCUT2D eigenvalue weighted by Gasteiger charge is 2.18. The van der Waals surface area contributed by atoms with Crippen LogP contribution in [0.3, 0.4) is 0 Å². The molecule has 0 atom stereocenters. The van der Waals surface area contributed by atoms with Crippen LogP contribution in [-0.2, 0) is 13.1 Å². The molecule has 1 saturated heterocycles. The number of amides is 1. The topological polar surface area (TPSA) is 80.1 Å². The van der Waals surface area contributed by atoms with Gasteiger partial charge in [-0.2, -0.15) is 5.10 Å². The molecule has 7 nitrogen and oxygen atoms in total. The summed E-state index contributed by atoms with van der Waals surface area (Å²) in [6.45, 7) is 5.65. The first-order valence-corrected chi connectivity index (χ1v) is 12.0.